The maximum absolute atomic E-state index is 11.9. The maximum atomic E-state index is 11.9. The van der Waals surface area contributed by atoms with Crippen LogP contribution in [0.2, 0.25) is 0 Å². The van der Waals surface area contributed by atoms with Gasteiger partial charge in [-0.3, -0.25) is 0 Å². The molecule has 2 N–H and O–H groups in total. The van der Waals surface area contributed by atoms with E-state index in [4.69, 9.17) is 10.2 Å². The Balaban J connectivity index is 2.52. The third kappa shape index (κ3) is 3.38. The van der Waals surface area contributed by atoms with Gasteiger partial charge in [-0.05, 0) is 0 Å². The molecule has 1 heterocycles. The summed E-state index contributed by atoms with van der Waals surface area (Å²) in [6.45, 7) is -0.959. The van der Waals surface area contributed by atoms with Gasteiger partial charge in [-0.1, -0.05) is 0 Å². The van der Waals surface area contributed by atoms with Gasteiger partial charge in [0.25, 0.3) is 0 Å². The van der Waals surface area contributed by atoms with E-state index in [0.29, 0.717) is 0 Å². The third-order valence-electron chi connectivity index (χ3n) is 1.57. The first-order valence-electron chi connectivity index (χ1n) is 4.00. The number of carbonyl (C=O) groups is 1. The van der Waals surface area contributed by atoms with Gasteiger partial charge in [0.05, 0.1) is 0 Å². The molecule has 0 amide bonds. The topological polar surface area (TPSA) is 66.8 Å². The highest BCUT2D eigenvalue weighted by atomic mass is 32.1. The van der Waals surface area contributed by atoms with Gasteiger partial charge >= 0.3 is 12.1 Å². The lowest BCUT2D eigenvalue weighted by molar-refractivity contribution is -0.210. The molecule has 0 radical (unpaired) electrons. The van der Waals surface area contributed by atoms with E-state index in [0.717, 1.165) is 17.4 Å². The van der Waals surface area contributed by atoms with Crippen LogP contribution in [-0.2, 0) is 0 Å². The van der Waals surface area contributed by atoms with Gasteiger partial charge in [0, 0.05) is 11.4 Å². The summed E-state index contributed by atoms with van der Waals surface area (Å²) in [5.74, 6) is -1.19. The molecular weight excluding hydrogens is 249 g/mol. The number of carboxylic acid groups (broad SMARTS) is 1. The predicted octanol–water partition coefficient (Wildman–Crippen LogP) is 1.75. The third-order valence-corrected chi connectivity index (χ3v) is 2.47. The van der Waals surface area contributed by atoms with Crippen molar-refractivity contribution < 1.29 is 32.9 Å². The van der Waals surface area contributed by atoms with Crippen LogP contribution in [0.5, 0.6) is 5.75 Å². The van der Waals surface area contributed by atoms with Crippen LogP contribution in [-0.4, -0.2) is 35.1 Å². The largest absolute Gasteiger partial charge is 0.490 e. The lowest BCUT2D eigenvalue weighted by atomic mass is 10.4. The van der Waals surface area contributed by atoms with Gasteiger partial charge in [-0.2, -0.15) is 13.2 Å². The number of aliphatic hydroxyl groups excluding tert-OH is 1. The summed E-state index contributed by atoms with van der Waals surface area (Å²) in [5, 5.41) is 18.4. The van der Waals surface area contributed by atoms with Gasteiger partial charge in [0.1, 0.15) is 17.2 Å². The lowest BCUT2D eigenvalue weighted by Gasteiger charge is -2.14. The second-order valence-electron chi connectivity index (χ2n) is 2.82. The number of hydrogen-bond acceptors (Lipinski definition) is 4. The number of aliphatic hydroxyl groups is 1. The molecule has 4 nitrogen and oxygen atoms in total. The Morgan fingerprint density at radius 3 is 2.62 bits per heavy atom. The molecule has 1 aromatic rings. The van der Waals surface area contributed by atoms with Gasteiger partial charge < -0.3 is 14.9 Å². The molecule has 16 heavy (non-hydrogen) atoms. The van der Waals surface area contributed by atoms with E-state index in [2.05, 4.69) is 4.74 Å². The predicted molar refractivity (Wildman–Crippen MR) is 48.8 cm³/mol. The summed E-state index contributed by atoms with van der Waals surface area (Å²) in [6, 6.07) is 1.09. The quantitative estimate of drug-likeness (QED) is 0.861. The fraction of sp³-hybridized carbons (Fsp3) is 0.375. The van der Waals surface area contributed by atoms with Crippen LogP contribution in [0.15, 0.2) is 11.4 Å². The van der Waals surface area contributed by atoms with Crippen LogP contribution in [0.1, 0.15) is 9.67 Å². The van der Waals surface area contributed by atoms with E-state index in [1.54, 1.807) is 0 Å². The molecule has 0 saturated heterocycles. The number of aromatic carboxylic acids is 1. The zero-order valence-electron chi connectivity index (χ0n) is 7.69. The SMILES string of the molecule is O=C(O)c1cc(OCC(O)C(F)(F)F)cs1. The van der Waals surface area contributed by atoms with Crippen molar-refractivity contribution in [1.82, 2.24) is 0 Å². The first-order chi connectivity index (χ1) is 7.30. The zero-order valence-corrected chi connectivity index (χ0v) is 8.51. The maximum Gasteiger partial charge on any atom is 0.417 e. The first kappa shape index (κ1) is 12.8. The molecule has 1 rings (SSSR count). The summed E-state index contributed by atoms with van der Waals surface area (Å²) in [7, 11) is 0. The minimum Gasteiger partial charge on any atom is -0.490 e. The Morgan fingerprint density at radius 2 is 2.19 bits per heavy atom. The Labute approximate surface area is 91.9 Å². The van der Waals surface area contributed by atoms with Crippen molar-refractivity contribution >= 4 is 17.3 Å². The fourth-order valence-corrected chi connectivity index (χ4v) is 1.44. The van der Waals surface area contributed by atoms with Gasteiger partial charge in [-0.15, -0.1) is 11.3 Å². The van der Waals surface area contributed by atoms with Gasteiger partial charge in [0.2, 0.25) is 0 Å². The molecule has 0 aliphatic rings. The van der Waals surface area contributed by atoms with Crippen LogP contribution in [0, 0.1) is 0 Å². The molecule has 0 saturated carbocycles. The van der Waals surface area contributed by atoms with Crippen molar-refractivity contribution in [1.29, 1.82) is 0 Å². The summed E-state index contributed by atoms with van der Waals surface area (Å²) in [5.41, 5.74) is 0. The summed E-state index contributed by atoms with van der Waals surface area (Å²) in [6.07, 6.45) is -7.33. The molecule has 0 aliphatic carbocycles. The van der Waals surface area contributed by atoms with Crippen LogP contribution in [0.4, 0.5) is 13.2 Å². The summed E-state index contributed by atoms with van der Waals surface area (Å²) >= 11 is 0.829. The molecule has 8 heteroatoms. The van der Waals surface area contributed by atoms with Crippen molar-refractivity contribution in [2.75, 3.05) is 6.61 Å². The smallest absolute Gasteiger partial charge is 0.417 e. The van der Waals surface area contributed by atoms with Crippen LogP contribution < -0.4 is 4.74 Å². The van der Waals surface area contributed by atoms with Crippen molar-refractivity contribution in [2.45, 2.75) is 12.3 Å². The van der Waals surface area contributed by atoms with Crippen LogP contribution in [0.3, 0.4) is 0 Å². The molecular formula is C8H7F3O4S. The van der Waals surface area contributed by atoms with Crippen LogP contribution in [0.25, 0.3) is 0 Å². The number of ether oxygens (including phenoxy) is 1. The lowest BCUT2D eigenvalue weighted by Crippen LogP contribution is -2.34. The van der Waals surface area contributed by atoms with E-state index in [9.17, 15) is 18.0 Å². The average molecular weight is 256 g/mol. The van der Waals surface area contributed by atoms with Gasteiger partial charge in [-0.25, -0.2) is 4.79 Å². The number of alkyl halides is 3. The molecule has 0 bridgehead atoms. The Kier molecular flexibility index (Phi) is 3.76. The Morgan fingerprint density at radius 1 is 1.56 bits per heavy atom. The highest BCUT2D eigenvalue weighted by Gasteiger charge is 2.38. The Hall–Kier alpha value is -1.28. The number of halogens is 3. The van der Waals surface area contributed by atoms with Crippen molar-refractivity contribution in [3.8, 4) is 5.75 Å². The number of rotatable bonds is 4. The van der Waals surface area contributed by atoms with E-state index in [-0.39, 0.29) is 10.6 Å². The first-order valence-corrected chi connectivity index (χ1v) is 4.88. The molecule has 1 atom stereocenters. The molecule has 0 spiro atoms. The summed E-state index contributed by atoms with van der Waals surface area (Å²) in [4.78, 5) is 10.4. The molecule has 0 aliphatic heterocycles. The van der Waals surface area contributed by atoms with E-state index in [1.807, 2.05) is 0 Å². The molecule has 1 unspecified atom stereocenters. The number of carboxylic acids is 1. The minimum atomic E-state index is -4.74. The van der Waals surface area contributed by atoms with Crippen LogP contribution >= 0.6 is 11.3 Å². The molecule has 90 valence electrons. The highest BCUT2D eigenvalue weighted by molar-refractivity contribution is 7.12. The molecule has 0 fully saturated rings. The monoisotopic (exact) mass is 256 g/mol. The molecule has 0 aromatic carbocycles. The number of thiophene rings is 1. The van der Waals surface area contributed by atoms with Crippen molar-refractivity contribution in [2.24, 2.45) is 0 Å². The standard InChI is InChI=1S/C8H7F3O4S/c9-8(10,11)6(12)2-15-4-1-5(7(13)14)16-3-4/h1,3,6,12H,2H2,(H,13,14). The summed E-state index contributed by atoms with van der Waals surface area (Å²) < 4.78 is 40.2. The second-order valence-corrected chi connectivity index (χ2v) is 3.73. The van der Waals surface area contributed by atoms with E-state index >= 15 is 0 Å². The average Bonchev–Trinajstić information content (AvgIpc) is 2.60. The second kappa shape index (κ2) is 4.71. The van der Waals surface area contributed by atoms with Crippen molar-refractivity contribution in [3.63, 3.8) is 0 Å². The van der Waals surface area contributed by atoms with E-state index in [1.165, 1.54) is 5.38 Å². The number of hydrogen-bond donors (Lipinski definition) is 2. The highest BCUT2D eigenvalue weighted by Crippen LogP contribution is 2.24. The van der Waals surface area contributed by atoms with Gasteiger partial charge in [0.15, 0.2) is 6.10 Å². The zero-order chi connectivity index (χ0) is 12.3. The van der Waals surface area contributed by atoms with Crippen molar-refractivity contribution in [3.05, 3.63) is 16.3 Å². The molecule has 1 aromatic heterocycles. The fourth-order valence-electron chi connectivity index (χ4n) is 0.776. The minimum absolute atomic E-state index is 0.00861. The Bertz CT molecular complexity index is 374. The van der Waals surface area contributed by atoms with E-state index < -0.39 is 24.9 Å². The normalized spacial score (nSPS) is 13.5.